The molecule has 0 N–H and O–H groups in total. The fourth-order valence-corrected chi connectivity index (χ4v) is 2.91. The van der Waals surface area contributed by atoms with Gasteiger partial charge in [-0.3, -0.25) is 19.2 Å². The van der Waals surface area contributed by atoms with Crippen LogP contribution in [-0.2, 0) is 38.1 Å². The maximum atomic E-state index is 11.7. The molecule has 4 atom stereocenters. The summed E-state index contributed by atoms with van der Waals surface area (Å²) in [6.07, 6.45) is -4.30. The molecular weight excluding hydrogens is 372 g/mol. The highest BCUT2D eigenvalue weighted by atomic mass is 16.6. The average molecular weight is 394 g/mol. The van der Waals surface area contributed by atoms with E-state index >= 15 is 0 Å². The molecular formula is C19H22O9. The van der Waals surface area contributed by atoms with Crippen molar-refractivity contribution in [2.24, 2.45) is 0 Å². The first kappa shape index (κ1) is 21.2. The van der Waals surface area contributed by atoms with Crippen molar-refractivity contribution in [3.05, 3.63) is 29.8 Å². The normalized spacial score (nSPS) is 21.4. The van der Waals surface area contributed by atoms with Crippen LogP contribution in [0.4, 0.5) is 0 Å². The summed E-state index contributed by atoms with van der Waals surface area (Å²) in [4.78, 5) is 46.2. The molecule has 0 saturated heterocycles. The molecule has 0 aromatic heterocycles. The molecule has 1 aromatic carbocycles. The fourth-order valence-electron chi connectivity index (χ4n) is 2.91. The Morgan fingerprint density at radius 3 is 2.14 bits per heavy atom. The van der Waals surface area contributed by atoms with E-state index in [0.717, 1.165) is 0 Å². The van der Waals surface area contributed by atoms with E-state index in [1.807, 2.05) is 0 Å². The van der Waals surface area contributed by atoms with Crippen LogP contribution in [0.1, 0.15) is 39.4 Å². The van der Waals surface area contributed by atoms with E-state index in [4.69, 9.17) is 23.7 Å². The zero-order valence-corrected chi connectivity index (χ0v) is 16.0. The van der Waals surface area contributed by atoms with Gasteiger partial charge in [-0.15, -0.1) is 0 Å². The molecule has 0 unspecified atom stereocenters. The van der Waals surface area contributed by atoms with E-state index in [2.05, 4.69) is 0 Å². The van der Waals surface area contributed by atoms with Gasteiger partial charge in [0.15, 0.2) is 24.4 Å². The highest BCUT2D eigenvalue weighted by molar-refractivity contribution is 5.69. The summed E-state index contributed by atoms with van der Waals surface area (Å²) in [5.41, 5.74) is 0.495. The predicted octanol–water partition coefficient (Wildman–Crippen LogP) is 1.48. The first-order valence-electron chi connectivity index (χ1n) is 8.59. The second kappa shape index (κ2) is 9.20. The van der Waals surface area contributed by atoms with Crippen molar-refractivity contribution < 1.29 is 42.9 Å². The topological polar surface area (TPSA) is 114 Å². The molecule has 0 saturated carbocycles. The van der Waals surface area contributed by atoms with Crippen LogP contribution in [0.5, 0.6) is 5.75 Å². The maximum Gasteiger partial charge on any atom is 0.303 e. The molecule has 9 nitrogen and oxygen atoms in total. The second-order valence-corrected chi connectivity index (χ2v) is 6.17. The molecule has 0 amide bonds. The summed E-state index contributed by atoms with van der Waals surface area (Å²) in [6.45, 7) is 4.47. The number of carbonyl (C=O) groups excluding carboxylic acids is 4. The largest absolute Gasteiger partial charge is 0.482 e. The van der Waals surface area contributed by atoms with Crippen molar-refractivity contribution in [2.45, 2.75) is 52.1 Å². The summed E-state index contributed by atoms with van der Waals surface area (Å²) in [5, 5.41) is 0. The van der Waals surface area contributed by atoms with Crippen LogP contribution < -0.4 is 4.74 Å². The van der Waals surface area contributed by atoms with Crippen molar-refractivity contribution in [1.82, 2.24) is 0 Å². The van der Waals surface area contributed by atoms with E-state index in [-0.39, 0.29) is 6.61 Å². The van der Waals surface area contributed by atoms with Crippen LogP contribution >= 0.6 is 0 Å². The molecule has 28 heavy (non-hydrogen) atoms. The molecule has 152 valence electrons. The van der Waals surface area contributed by atoms with Gasteiger partial charge in [0.1, 0.15) is 12.4 Å². The number of ether oxygens (including phenoxy) is 5. The van der Waals surface area contributed by atoms with E-state index in [9.17, 15) is 19.2 Å². The minimum Gasteiger partial charge on any atom is -0.482 e. The molecule has 1 aromatic rings. The maximum absolute atomic E-state index is 11.7. The second-order valence-electron chi connectivity index (χ2n) is 6.17. The standard InChI is InChI=1S/C19H22O9/c1-10(20)24-9-16(25-11(2)21)18-19(27-13(4)23)17(26-12(3)22)14-7-5-6-8-15(14)28-18/h5-8,16-19H,9H2,1-4H3/t16-,17-,18-,19-/m1/s1. The Balaban J connectivity index is 2.47. The summed E-state index contributed by atoms with van der Waals surface area (Å²) < 4.78 is 26.9. The molecule has 1 heterocycles. The SMILES string of the molecule is CC(=O)OC[C@@H](OC(C)=O)[C@H]1Oc2ccccc2[C@@H](OC(C)=O)[C@H]1OC(C)=O. The molecule has 0 bridgehead atoms. The first-order chi connectivity index (χ1) is 13.2. The number of esters is 4. The van der Waals surface area contributed by atoms with Crippen LogP contribution in [0.2, 0.25) is 0 Å². The zero-order valence-electron chi connectivity index (χ0n) is 16.0. The Morgan fingerprint density at radius 1 is 0.929 bits per heavy atom. The van der Waals surface area contributed by atoms with Gasteiger partial charge in [0.05, 0.1) is 0 Å². The molecule has 1 aliphatic rings. The summed E-state index contributed by atoms with van der Waals surface area (Å²) in [6, 6.07) is 6.73. The van der Waals surface area contributed by atoms with E-state index in [1.54, 1.807) is 24.3 Å². The van der Waals surface area contributed by atoms with Gasteiger partial charge in [0.2, 0.25) is 0 Å². The third kappa shape index (κ3) is 5.45. The third-order valence-corrected chi connectivity index (χ3v) is 3.84. The van der Waals surface area contributed by atoms with Crippen molar-refractivity contribution >= 4 is 23.9 Å². The van der Waals surface area contributed by atoms with Crippen LogP contribution in [0.3, 0.4) is 0 Å². The molecule has 0 radical (unpaired) electrons. The third-order valence-electron chi connectivity index (χ3n) is 3.84. The number of rotatable bonds is 6. The molecule has 0 fully saturated rings. The predicted molar refractivity (Wildman–Crippen MR) is 93.1 cm³/mol. The minimum atomic E-state index is -1.13. The van der Waals surface area contributed by atoms with Crippen molar-refractivity contribution in [3.8, 4) is 5.75 Å². The Bertz CT molecular complexity index is 758. The quantitative estimate of drug-likeness (QED) is 0.522. The van der Waals surface area contributed by atoms with Crippen LogP contribution in [0.15, 0.2) is 24.3 Å². The summed E-state index contributed by atoms with van der Waals surface area (Å²) >= 11 is 0. The number of hydrogen-bond donors (Lipinski definition) is 0. The summed E-state index contributed by atoms with van der Waals surface area (Å²) in [5.74, 6) is -2.12. The lowest BCUT2D eigenvalue weighted by atomic mass is 9.93. The molecule has 1 aliphatic heterocycles. The smallest absolute Gasteiger partial charge is 0.303 e. The van der Waals surface area contributed by atoms with Crippen molar-refractivity contribution in [3.63, 3.8) is 0 Å². The number of fused-ring (bicyclic) bond motifs is 1. The van der Waals surface area contributed by atoms with Gasteiger partial charge in [-0.05, 0) is 6.07 Å². The van der Waals surface area contributed by atoms with Crippen LogP contribution in [-0.4, -0.2) is 48.8 Å². The van der Waals surface area contributed by atoms with E-state index < -0.39 is 48.3 Å². The van der Waals surface area contributed by atoms with Gasteiger partial charge >= 0.3 is 23.9 Å². The van der Waals surface area contributed by atoms with Gasteiger partial charge in [0, 0.05) is 33.3 Å². The van der Waals surface area contributed by atoms with Gasteiger partial charge in [0.25, 0.3) is 0 Å². The van der Waals surface area contributed by atoms with Crippen molar-refractivity contribution in [1.29, 1.82) is 0 Å². The number of carbonyl (C=O) groups is 4. The van der Waals surface area contributed by atoms with Crippen LogP contribution in [0.25, 0.3) is 0 Å². The molecule has 0 spiro atoms. The Hall–Kier alpha value is -3.10. The summed E-state index contributed by atoms with van der Waals surface area (Å²) in [7, 11) is 0. The fraction of sp³-hybridized carbons (Fsp3) is 0.474. The first-order valence-corrected chi connectivity index (χ1v) is 8.59. The van der Waals surface area contributed by atoms with Gasteiger partial charge < -0.3 is 23.7 Å². The van der Waals surface area contributed by atoms with Crippen molar-refractivity contribution in [2.75, 3.05) is 6.61 Å². The highest BCUT2D eigenvalue weighted by Gasteiger charge is 2.48. The number of hydrogen-bond acceptors (Lipinski definition) is 9. The monoisotopic (exact) mass is 394 g/mol. The lowest BCUT2D eigenvalue weighted by molar-refractivity contribution is -0.194. The number of para-hydroxylation sites is 1. The van der Waals surface area contributed by atoms with E-state index in [0.29, 0.717) is 11.3 Å². The Kier molecular flexibility index (Phi) is 6.97. The van der Waals surface area contributed by atoms with Crippen LogP contribution in [0, 0.1) is 0 Å². The lowest BCUT2D eigenvalue weighted by Gasteiger charge is -2.40. The zero-order chi connectivity index (χ0) is 20.8. The average Bonchev–Trinajstić information content (AvgIpc) is 2.59. The van der Waals surface area contributed by atoms with Gasteiger partial charge in [-0.25, -0.2) is 0 Å². The van der Waals surface area contributed by atoms with E-state index in [1.165, 1.54) is 27.7 Å². The Morgan fingerprint density at radius 2 is 1.57 bits per heavy atom. The lowest BCUT2D eigenvalue weighted by Crippen LogP contribution is -2.53. The highest BCUT2D eigenvalue weighted by Crippen LogP contribution is 2.40. The van der Waals surface area contributed by atoms with Gasteiger partial charge in [-0.2, -0.15) is 0 Å². The molecule has 0 aliphatic carbocycles. The number of benzene rings is 1. The molecule has 2 rings (SSSR count). The van der Waals surface area contributed by atoms with Gasteiger partial charge in [-0.1, -0.05) is 18.2 Å². The minimum absolute atomic E-state index is 0.327. The molecule has 9 heteroatoms. The Labute approximate surface area is 161 Å².